The van der Waals surface area contributed by atoms with E-state index in [0.717, 1.165) is 30.3 Å². The molecule has 0 bridgehead atoms. The van der Waals surface area contributed by atoms with Crippen LogP contribution in [0.15, 0.2) is 67.0 Å². The molecule has 0 fully saturated rings. The molecule has 0 unspecified atom stereocenters. The van der Waals surface area contributed by atoms with Gasteiger partial charge in [-0.1, -0.05) is 49.4 Å². The van der Waals surface area contributed by atoms with E-state index in [1.54, 1.807) is 6.33 Å². The quantitative estimate of drug-likeness (QED) is 0.730. The fraction of sp³-hybridized carbons (Fsp3) is 0.200. The first-order chi connectivity index (χ1) is 11.7. The molecule has 0 spiro atoms. The van der Waals surface area contributed by atoms with Gasteiger partial charge >= 0.3 is 0 Å². The molecule has 0 atom stereocenters. The van der Waals surface area contributed by atoms with E-state index in [4.69, 9.17) is 0 Å². The Kier molecular flexibility index (Phi) is 5.06. The maximum atomic E-state index is 4.38. The monoisotopic (exact) mass is 318 g/mol. The average Bonchev–Trinajstić information content (AvgIpc) is 2.63. The van der Waals surface area contributed by atoms with Crippen LogP contribution in [0, 0.1) is 0 Å². The lowest BCUT2D eigenvalue weighted by Gasteiger charge is -2.18. The smallest absolute Gasteiger partial charge is 0.135 e. The molecule has 122 valence electrons. The van der Waals surface area contributed by atoms with Gasteiger partial charge in [0.25, 0.3) is 0 Å². The summed E-state index contributed by atoms with van der Waals surface area (Å²) in [7, 11) is 2.04. The minimum absolute atomic E-state index is 0.796. The zero-order chi connectivity index (χ0) is 16.8. The van der Waals surface area contributed by atoms with E-state index in [-0.39, 0.29) is 0 Å². The molecule has 0 radical (unpaired) electrons. The maximum absolute atomic E-state index is 4.38. The fourth-order valence-corrected chi connectivity index (χ4v) is 2.53. The van der Waals surface area contributed by atoms with Gasteiger partial charge in [0.05, 0.1) is 0 Å². The molecule has 1 heterocycles. The molecule has 0 aliphatic carbocycles. The highest BCUT2D eigenvalue weighted by molar-refractivity contribution is 5.59. The molecule has 0 amide bonds. The number of anilines is 3. The van der Waals surface area contributed by atoms with Crippen LogP contribution in [-0.2, 0) is 13.0 Å². The summed E-state index contributed by atoms with van der Waals surface area (Å²) < 4.78 is 0. The largest absolute Gasteiger partial charge is 0.355 e. The fourth-order valence-electron chi connectivity index (χ4n) is 2.53. The summed E-state index contributed by atoms with van der Waals surface area (Å²) in [6.45, 7) is 2.96. The van der Waals surface area contributed by atoms with Crippen molar-refractivity contribution in [2.45, 2.75) is 19.9 Å². The number of aromatic nitrogens is 2. The van der Waals surface area contributed by atoms with Crippen molar-refractivity contribution in [3.8, 4) is 0 Å². The van der Waals surface area contributed by atoms with Crippen molar-refractivity contribution in [1.29, 1.82) is 0 Å². The van der Waals surface area contributed by atoms with Crippen LogP contribution in [0.3, 0.4) is 0 Å². The molecule has 3 rings (SSSR count). The van der Waals surface area contributed by atoms with E-state index < -0.39 is 0 Å². The summed E-state index contributed by atoms with van der Waals surface area (Å²) in [5.41, 5.74) is 3.61. The van der Waals surface area contributed by atoms with Crippen LogP contribution in [0.2, 0.25) is 0 Å². The highest BCUT2D eigenvalue weighted by atomic mass is 15.2. The predicted molar refractivity (Wildman–Crippen MR) is 99.7 cm³/mol. The standard InChI is InChI=1S/C20H22N4/c1-3-16-9-11-18(12-10-16)23-19-13-20(22-15-21-19)24(2)14-17-7-5-4-6-8-17/h4-13,15H,3,14H2,1-2H3,(H,21,22,23). The maximum Gasteiger partial charge on any atom is 0.135 e. The number of rotatable bonds is 6. The van der Waals surface area contributed by atoms with Crippen LogP contribution in [0.1, 0.15) is 18.1 Å². The minimum atomic E-state index is 0.796. The third-order valence-electron chi connectivity index (χ3n) is 3.94. The van der Waals surface area contributed by atoms with Crippen molar-refractivity contribution < 1.29 is 0 Å². The third-order valence-corrected chi connectivity index (χ3v) is 3.94. The van der Waals surface area contributed by atoms with Gasteiger partial charge in [0, 0.05) is 25.3 Å². The van der Waals surface area contributed by atoms with Crippen LogP contribution < -0.4 is 10.2 Å². The van der Waals surface area contributed by atoms with E-state index in [2.05, 4.69) is 75.6 Å². The lowest BCUT2D eigenvalue weighted by atomic mass is 10.1. The molecule has 2 aromatic carbocycles. The van der Waals surface area contributed by atoms with Crippen LogP contribution in [0.4, 0.5) is 17.3 Å². The number of nitrogens with one attached hydrogen (secondary N) is 1. The van der Waals surface area contributed by atoms with Gasteiger partial charge in [-0.25, -0.2) is 9.97 Å². The van der Waals surface area contributed by atoms with E-state index in [1.165, 1.54) is 11.1 Å². The Bertz CT molecular complexity index is 769. The summed E-state index contributed by atoms with van der Waals surface area (Å²) in [5.74, 6) is 1.69. The molecule has 0 saturated heterocycles. The first kappa shape index (κ1) is 16.0. The van der Waals surface area contributed by atoms with Crippen LogP contribution in [0.5, 0.6) is 0 Å². The average molecular weight is 318 g/mol. The number of aryl methyl sites for hydroxylation is 1. The molecule has 0 saturated carbocycles. The molecule has 1 N–H and O–H groups in total. The van der Waals surface area contributed by atoms with Gasteiger partial charge < -0.3 is 10.2 Å². The Labute approximate surface area is 143 Å². The zero-order valence-electron chi connectivity index (χ0n) is 14.1. The van der Waals surface area contributed by atoms with E-state index in [0.29, 0.717) is 0 Å². The Balaban J connectivity index is 1.71. The third kappa shape index (κ3) is 4.10. The highest BCUT2D eigenvalue weighted by Gasteiger charge is 2.06. The van der Waals surface area contributed by atoms with Crippen molar-refractivity contribution in [3.63, 3.8) is 0 Å². The van der Waals surface area contributed by atoms with Crippen molar-refractivity contribution in [1.82, 2.24) is 9.97 Å². The summed E-state index contributed by atoms with van der Waals surface area (Å²) >= 11 is 0. The summed E-state index contributed by atoms with van der Waals surface area (Å²) in [6.07, 6.45) is 2.64. The lowest BCUT2D eigenvalue weighted by Crippen LogP contribution is -2.17. The number of nitrogens with zero attached hydrogens (tertiary/aromatic N) is 3. The Morgan fingerprint density at radius 1 is 0.917 bits per heavy atom. The van der Waals surface area contributed by atoms with Crippen LogP contribution >= 0.6 is 0 Å². The normalized spacial score (nSPS) is 10.4. The summed E-state index contributed by atoms with van der Waals surface area (Å²) in [6, 6.07) is 20.8. The summed E-state index contributed by atoms with van der Waals surface area (Å²) in [5, 5.41) is 3.34. The molecular formula is C20H22N4. The second-order valence-corrected chi connectivity index (χ2v) is 5.78. The molecule has 4 nitrogen and oxygen atoms in total. The SMILES string of the molecule is CCc1ccc(Nc2cc(N(C)Cc3ccccc3)ncn2)cc1. The van der Waals surface area contributed by atoms with Gasteiger partial charge in [-0.05, 0) is 29.7 Å². The Morgan fingerprint density at radius 2 is 1.67 bits per heavy atom. The first-order valence-corrected chi connectivity index (χ1v) is 8.17. The van der Waals surface area contributed by atoms with Crippen molar-refractivity contribution >= 4 is 17.3 Å². The molecule has 24 heavy (non-hydrogen) atoms. The Morgan fingerprint density at radius 3 is 2.38 bits per heavy atom. The number of benzene rings is 2. The van der Waals surface area contributed by atoms with Gasteiger partial charge in [-0.3, -0.25) is 0 Å². The molecule has 1 aromatic heterocycles. The molecular weight excluding hydrogens is 296 g/mol. The second kappa shape index (κ2) is 7.59. The molecule has 3 aromatic rings. The van der Waals surface area contributed by atoms with E-state index in [1.807, 2.05) is 19.2 Å². The van der Waals surface area contributed by atoms with Crippen molar-refractivity contribution in [2.75, 3.05) is 17.3 Å². The number of hydrogen-bond donors (Lipinski definition) is 1. The molecule has 4 heteroatoms. The lowest BCUT2D eigenvalue weighted by molar-refractivity contribution is 0.892. The van der Waals surface area contributed by atoms with Gasteiger partial charge in [-0.2, -0.15) is 0 Å². The first-order valence-electron chi connectivity index (χ1n) is 8.17. The van der Waals surface area contributed by atoms with Gasteiger partial charge in [0.2, 0.25) is 0 Å². The minimum Gasteiger partial charge on any atom is -0.355 e. The Hall–Kier alpha value is -2.88. The predicted octanol–water partition coefficient (Wildman–Crippen LogP) is 4.42. The van der Waals surface area contributed by atoms with E-state index in [9.17, 15) is 0 Å². The topological polar surface area (TPSA) is 41.0 Å². The zero-order valence-corrected chi connectivity index (χ0v) is 14.1. The highest BCUT2D eigenvalue weighted by Crippen LogP contribution is 2.19. The van der Waals surface area contributed by atoms with Gasteiger partial charge in [-0.15, -0.1) is 0 Å². The van der Waals surface area contributed by atoms with Crippen molar-refractivity contribution in [2.24, 2.45) is 0 Å². The van der Waals surface area contributed by atoms with Crippen molar-refractivity contribution in [3.05, 3.63) is 78.1 Å². The number of hydrogen-bond acceptors (Lipinski definition) is 4. The van der Waals surface area contributed by atoms with Gasteiger partial charge in [0.15, 0.2) is 0 Å². The second-order valence-electron chi connectivity index (χ2n) is 5.78. The van der Waals surface area contributed by atoms with Crippen LogP contribution in [0.25, 0.3) is 0 Å². The van der Waals surface area contributed by atoms with E-state index >= 15 is 0 Å². The molecule has 0 aliphatic heterocycles. The van der Waals surface area contributed by atoms with Crippen LogP contribution in [-0.4, -0.2) is 17.0 Å². The molecule has 0 aliphatic rings. The summed E-state index contributed by atoms with van der Waals surface area (Å²) in [4.78, 5) is 10.8. The van der Waals surface area contributed by atoms with Gasteiger partial charge in [0.1, 0.15) is 18.0 Å².